The maximum Gasteiger partial charge on any atom is 0.0994 e. The summed E-state index contributed by atoms with van der Waals surface area (Å²) in [7, 11) is 0. The predicted molar refractivity (Wildman–Crippen MR) is 68.3 cm³/mol. The van der Waals surface area contributed by atoms with Crippen LogP contribution in [0.3, 0.4) is 0 Å². The van der Waals surface area contributed by atoms with Crippen LogP contribution in [0.2, 0.25) is 0 Å². The Balaban J connectivity index is 2.01. The van der Waals surface area contributed by atoms with Gasteiger partial charge in [-0.3, -0.25) is 0 Å². The average Bonchev–Trinajstić information content (AvgIpc) is 3.09. The Morgan fingerprint density at radius 2 is 2.39 bits per heavy atom. The molecule has 1 aromatic heterocycles. The van der Waals surface area contributed by atoms with E-state index in [0.29, 0.717) is 11.6 Å². The van der Waals surface area contributed by atoms with Gasteiger partial charge in [0.1, 0.15) is 0 Å². The van der Waals surface area contributed by atoms with Gasteiger partial charge in [0.05, 0.1) is 29.9 Å². The van der Waals surface area contributed by atoms with Crippen LogP contribution in [0.15, 0.2) is 36.8 Å². The van der Waals surface area contributed by atoms with Crippen molar-refractivity contribution in [1.29, 1.82) is 5.26 Å². The lowest BCUT2D eigenvalue weighted by Crippen LogP contribution is -2.16. The molecule has 1 aliphatic rings. The fourth-order valence-corrected chi connectivity index (χ4v) is 2.44. The van der Waals surface area contributed by atoms with Crippen molar-refractivity contribution in [3.05, 3.63) is 48.0 Å². The van der Waals surface area contributed by atoms with Crippen molar-refractivity contribution in [2.75, 3.05) is 6.54 Å². The van der Waals surface area contributed by atoms with Crippen molar-refractivity contribution < 1.29 is 0 Å². The van der Waals surface area contributed by atoms with Gasteiger partial charge in [-0.15, -0.1) is 0 Å². The van der Waals surface area contributed by atoms with Gasteiger partial charge in [-0.05, 0) is 37.6 Å². The van der Waals surface area contributed by atoms with E-state index in [2.05, 4.69) is 20.9 Å². The number of aromatic nitrogens is 2. The highest BCUT2D eigenvalue weighted by Gasteiger charge is 2.20. The summed E-state index contributed by atoms with van der Waals surface area (Å²) in [5.41, 5.74) is 2.84. The van der Waals surface area contributed by atoms with E-state index in [9.17, 15) is 0 Å². The van der Waals surface area contributed by atoms with E-state index in [4.69, 9.17) is 5.26 Å². The molecule has 0 bridgehead atoms. The molecule has 1 aromatic carbocycles. The third kappa shape index (κ3) is 1.89. The van der Waals surface area contributed by atoms with Crippen LogP contribution in [0.1, 0.15) is 30.1 Å². The van der Waals surface area contributed by atoms with Crippen LogP contribution in [0.25, 0.3) is 5.69 Å². The molecule has 1 fully saturated rings. The standard InChI is InChI=1S/C14H14N4/c15-8-11-3-1-4-12(7-11)18-10-16-9-14(18)13-5-2-6-17-13/h1,3-4,7,9-10,13,17H,2,5-6H2/t13-/m0/s1. The van der Waals surface area contributed by atoms with Gasteiger partial charge >= 0.3 is 0 Å². The van der Waals surface area contributed by atoms with E-state index in [-0.39, 0.29) is 0 Å². The SMILES string of the molecule is N#Cc1cccc(-n2cncc2[C@@H]2CCCN2)c1. The van der Waals surface area contributed by atoms with Crippen LogP contribution in [0.5, 0.6) is 0 Å². The fourth-order valence-electron chi connectivity index (χ4n) is 2.44. The molecule has 0 spiro atoms. The molecule has 18 heavy (non-hydrogen) atoms. The van der Waals surface area contributed by atoms with Gasteiger partial charge in [-0.25, -0.2) is 4.98 Å². The molecule has 4 heteroatoms. The number of rotatable bonds is 2. The molecule has 2 heterocycles. The van der Waals surface area contributed by atoms with Crippen molar-refractivity contribution in [1.82, 2.24) is 14.9 Å². The Kier molecular flexibility index (Phi) is 2.83. The van der Waals surface area contributed by atoms with Gasteiger partial charge in [-0.1, -0.05) is 6.07 Å². The number of hydrogen-bond donors (Lipinski definition) is 1. The Labute approximate surface area is 106 Å². The van der Waals surface area contributed by atoms with Gasteiger partial charge in [0.25, 0.3) is 0 Å². The summed E-state index contributed by atoms with van der Waals surface area (Å²) in [6.07, 6.45) is 6.06. The third-order valence-corrected chi connectivity index (χ3v) is 3.34. The maximum atomic E-state index is 8.95. The number of nitrogens with one attached hydrogen (secondary N) is 1. The van der Waals surface area contributed by atoms with E-state index in [1.54, 1.807) is 0 Å². The van der Waals surface area contributed by atoms with Crippen LogP contribution >= 0.6 is 0 Å². The van der Waals surface area contributed by atoms with Crippen molar-refractivity contribution in [3.63, 3.8) is 0 Å². The minimum Gasteiger partial charge on any atom is -0.309 e. The monoisotopic (exact) mass is 238 g/mol. The zero-order valence-electron chi connectivity index (χ0n) is 10.0. The summed E-state index contributed by atoms with van der Waals surface area (Å²) in [6.45, 7) is 1.06. The van der Waals surface area contributed by atoms with Crippen LogP contribution in [-0.2, 0) is 0 Å². The largest absolute Gasteiger partial charge is 0.309 e. The zero-order valence-corrected chi connectivity index (χ0v) is 10.0. The van der Waals surface area contributed by atoms with E-state index < -0.39 is 0 Å². The summed E-state index contributed by atoms with van der Waals surface area (Å²) in [5, 5.41) is 12.4. The zero-order chi connectivity index (χ0) is 12.4. The molecule has 0 radical (unpaired) electrons. The van der Waals surface area contributed by atoms with Crippen molar-refractivity contribution in [2.24, 2.45) is 0 Å². The first-order valence-electron chi connectivity index (χ1n) is 6.14. The number of imidazole rings is 1. The molecule has 0 aliphatic carbocycles. The quantitative estimate of drug-likeness (QED) is 0.872. The molecular weight excluding hydrogens is 224 g/mol. The van der Waals surface area contributed by atoms with Crippen LogP contribution < -0.4 is 5.32 Å². The molecule has 4 nitrogen and oxygen atoms in total. The van der Waals surface area contributed by atoms with E-state index in [1.807, 2.05) is 36.8 Å². The van der Waals surface area contributed by atoms with Crippen molar-refractivity contribution >= 4 is 0 Å². The molecule has 90 valence electrons. The minimum absolute atomic E-state index is 0.373. The van der Waals surface area contributed by atoms with Gasteiger partial charge in [0.15, 0.2) is 0 Å². The topological polar surface area (TPSA) is 53.6 Å². The van der Waals surface area contributed by atoms with E-state index in [0.717, 1.165) is 18.7 Å². The first-order chi connectivity index (χ1) is 8.88. The Morgan fingerprint density at radius 1 is 1.44 bits per heavy atom. The smallest absolute Gasteiger partial charge is 0.0994 e. The van der Waals surface area contributed by atoms with Gasteiger partial charge < -0.3 is 9.88 Å². The number of benzene rings is 1. The normalized spacial score (nSPS) is 18.7. The summed E-state index contributed by atoms with van der Waals surface area (Å²) in [5.74, 6) is 0. The molecule has 2 aromatic rings. The lowest BCUT2D eigenvalue weighted by molar-refractivity contribution is 0.615. The van der Waals surface area contributed by atoms with E-state index in [1.165, 1.54) is 12.1 Å². The maximum absolute atomic E-state index is 8.95. The molecule has 1 atom stereocenters. The second-order valence-electron chi connectivity index (χ2n) is 4.50. The first kappa shape index (κ1) is 11.0. The number of nitrogens with zero attached hydrogens (tertiary/aromatic N) is 3. The molecule has 0 saturated carbocycles. The third-order valence-electron chi connectivity index (χ3n) is 3.34. The summed E-state index contributed by atoms with van der Waals surface area (Å²) >= 11 is 0. The second-order valence-corrected chi connectivity index (χ2v) is 4.50. The number of hydrogen-bond acceptors (Lipinski definition) is 3. The Bertz CT molecular complexity index is 588. The van der Waals surface area contributed by atoms with E-state index >= 15 is 0 Å². The highest BCUT2D eigenvalue weighted by molar-refractivity contribution is 5.42. The molecule has 1 aliphatic heterocycles. The average molecular weight is 238 g/mol. The molecule has 0 unspecified atom stereocenters. The summed E-state index contributed by atoms with van der Waals surface area (Å²) < 4.78 is 2.06. The molecule has 0 amide bonds. The molecule has 3 rings (SSSR count). The minimum atomic E-state index is 0.373. The molecule has 1 saturated heterocycles. The lowest BCUT2D eigenvalue weighted by atomic mass is 10.1. The van der Waals surface area contributed by atoms with Gasteiger partial charge in [-0.2, -0.15) is 5.26 Å². The van der Waals surface area contributed by atoms with Crippen molar-refractivity contribution in [2.45, 2.75) is 18.9 Å². The predicted octanol–water partition coefficient (Wildman–Crippen LogP) is 2.17. The van der Waals surface area contributed by atoms with Crippen LogP contribution in [-0.4, -0.2) is 16.1 Å². The first-order valence-corrected chi connectivity index (χ1v) is 6.14. The Morgan fingerprint density at radius 3 is 3.17 bits per heavy atom. The summed E-state index contributed by atoms with van der Waals surface area (Å²) in [4.78, 5) is 4.24. The molecule has 1 N–H and O–H groups in total. The molecular formula is C14H14N4. The van der Waals surface area contributed by atoms with Crippen LogP contribution in [0, 0.1) is 11.3 Å². The van der Waals surface area contributed by atoms with Gasteiger partial charge in [0.2, 0.25) is 0 Å². The Hall–Kier alpha value is -2.12. The van der Waals surface area contributed by atoms with Crippen LogP contribution in [0.4, 0.5) is 0 Å². The highest BCUT2D eigenvalue weighted by Crippen LogP contribution is 2.25. The van der Waals surface area contributed by atoms with Gasteiger partial charge in [0, 0.05) is 11.7 Å². The number of nitriles is 1. The summed E-state index contributed by atoms with van der Waals surface area (Å²) in [6, 6.07) is 10.1. The van der Waals surface area contributed by atoms with Crippen molar-refractivity contribution in [3.8, 4) is 11.8 Å². The fraction of sp³-hybridized carbons (Fsp3) is 0.286. The highest BCUT2D eigenvalue weighted by atomic mass is 15.1. The lowest BCUT2D eigenvalue weighted by Gasteiger charge is -2.14. The second kappa shape index (κ2) is 4.63.